The Balaban J connectivity index is 2.60. The van der Waals surface area contributed by atoms with Crippen molar-refractivity contribution in [3.8, 4) is 11.5 Å². The molecule has 0 spiro atoms. The molecule has 6 heteroatoms. The van der Waals surface area contributed by atoms with Gasteiger partial charge in [0.2, 0.25) is 0 Å². The van der Waals surface area contributed by atoms with E-state index in [1.807, 2.05) is 18.2 Å². The standard InChI is InChI=1S/C15H23NO5/c1-4-20-15(17)11-21-14-9-12(5-6-13(14)19-3)10-16-7-8-18-2/h5-6,9,16H,4,7-8,10-11H2,1-3H3. The molecule has 0 atom stereocenters. The van der Waals surface area contributed by atoms with Crippen molar-refractivity contribution in [2.45, 2.75) is 13.5 Å². The van der Waals surface area contributed by atoms with Gasteiger partial charge in [0.1, 0.15) is 0 Å². The molecule has 21 heavy (non-hydrogen) atoms. The summed E-state index contributed by atoms with van der Waals surface area (Å²) in [5.41, 5.74) is 1.03. The second-order valence-corrected chi connectivity index (χ2v) is 4.25. The minimum Gasteiger partial charge on any atom is -0.493 e. The van der Waals surface area contributed by atoms with Gasteiger partial charge in [0, 0.05) is 20.2 Å². The van der Waals surface area contributed by atoms with Gasteiger partial charge in [-0.1, -0.05) is 6.07 Å². The molecule has 0 aromatic heterocycles. The fourth-order valence-corrected chi connectivity index (χ4v) is 1.69. The van der Waals surface area contributed by atoms with E-state index in [1.54, 1.807) is 21.1 Å². The summed E-state index contributed by atoms with van der Waals surface area (Å²) in [6, 6.07) is 5.60. The quantitative estimate of drug-likeness (QED) is 0.520. The summed E-state index contributed by atoms with van der Waals surface area (Å²) in [6.45, 7) is 4.06. The summed E-state index contributed by atoms with van der Waals surface area (Å²) >= 11 is 0. The van der Waals surface area contributed by atoms with Crippen LogP contribution in [0.3, 0.4) is 0 Å². The number of rotatable bonds is 10. The van der Waals surface area contributed by atoms with Crippen molar-refractivity contribution in [3.63, 3.8) is 0 Å². The number of carbonyl (C=O) groups excluding carboxylic acids is 1. The zero-order chi connectivity index (χ0) is 15.5. The summed E-state index contributed by atoms with van der Waals surface area (Å²) in [5.74, 6) is 0.708. The third kappa shape index (κ3) is 6.46. The highest BCUT2D eigenvalue weighted by molar-refractivity contribution is 5.71. The molecule has 0 saturated carbocycles. The Labute approximate surface area is 125 Å². The second kappa shape index (κ2) is 10.0. The van der Waals surface area contributed by atoms with Gasteiger partial charge < -0.3 is 24.3 Å². The molecular formula is C15H23NO5. The first-order chi connectivity index (χ1) is 10.2. The lowest BCUT2D eigenvalue weighted by atomic mass is 10.2. The SMILES string of the molecule is CCOC(=O)COc1cc(CNCCOC)ccc1OC. The minimum atomic E-state index is -0.400. The number of benzene rings is 1. The average Bonchev–Trinajstić information content (AvgIpc) is 2.50. The van der Waals surface area contributed by atoms with Crippen molar-refractivity contribution in [3.05, 3.63) is 23.8 Å². The first kappa shape index (κ1) is 17.3. The Hall–Kier alpha value is -1.79. The van der Waals surface area contributed by atoms with Gasteiger partial charge in [0.25, 0.3) is 0 Å². The van der Waals surface area contributed by atoms with Crippen LogP contribution in [-0.2, 0) is 20.8 Å². The summed E-state index contributed by atoms with van der Waals surface area (Å²) in [5, 5.41) is 3.24. The van der Waals surface area contributed by atoms with Gasteiger partial charge in [-0.3, -0.25) is 0 Å². The second-order valence-electron chi connectivity index (χ2n) is 4.25. The number of hydrogen-bond donors (Lipinski definition) is 1. The summed E-state index contributed by atoms with van der Waals surface area (Å²) in [4.78, 5) is 11.3. The van der Waals surface area contributed by atoms with Crippen molar-refractivity contribution in [1.82, 2.24) is 5.32 Å². The highest BCUT2D eigenvalue weighted by Gasteiger charge is 2.09. The molecule has 1 N–H and O–H groups in total. The molecule has 0 fully saturated rings. The molecule has 0 radical (unpaired) electrons. The van der Waals surface area contributed by atoms with E-state index in [9.17, 15) is 4.79 Å². The Morgan fingerprint density at radius 1 is 1.24 bits per heavy atom. The summed E-state index contributed by atoms with van der Waals surface area (Å²) in [7, 11) is 3.22. The van der Waals surface area contributed by atoms with Gasteiger partial charge in [-0.25, -0.2) is 4.79 Å². The van der Waals surface area contributed by atoms with Crippen molar-refractivity contribution in [2.24, 2.45) is 0 Å². The molecule has 0 amide bonds. The summed E-state index contributed by atoms with van der Waals surface area (Å²) in [6.07, 6.45) is 0. The number of nitrogens with one attached hydrogen (secondary N) is 1. The van der Waals surface area contributed by atoms with Gasteiger partial charge >= 0.3 is 5.97 Å². The molecule has 0 bridgehead atoms. The van der Waals surface area contributed by atoms with Crippen LogP contribution in [0.25, 0.3) is 0 Å². The van der Waals surface area contributed by atoms with Crippen LogP contribution in [-0.4, -0.2) is 46.6 Å². The summed E-state index contributed by atoms with van der Waals surface area (Å²) < 4.78 is 20.5. The molecule has 0 saturated heterocycles. The van der Waals surface area contributed by atoms with Gasteiger partial charge in [0.15, 0.2) is 18.1 Å². The first-order valence-electron chi connectivity index (χ1n) is 6.86. The Morgan fingerprint density at radius 3 is 2.71 bits per heavy atom. The van der Waals surface area contributed by atoms with Crippen LogP contribution in [0.4, 0.5) is 0 Å². The van der Waals surface area contributed by atoms with E-state index in [2.05, 4.69) is 5.32 Å². The maximum absolute atomic E-state index is 11.3. The van der Waals surface area contributed by atoms with Crippen LogP contribution in [0.2, 0.25) is 0 Å². The largest absolute Gasteiger partial charge is 0.493 e. The fourth-order valence-electron chi connectivity index (χ4n) is 1.69. The predicted octanol–water partition coefficient (Wildman–Crippen LogP) is 1.37. The van der Waals surface area contributed by atoms with Crippen LogP contribution in [0, 0.1) is 0 Å². The highest BCUT2D eigenvalue weighted by Crippen LogP contribution is 2.28. The number of carbonyl (C=O) groups is 1. The molecular weight excluding hydrogens is 274 g/mol. The maximum atomic E-state index is 11.3. The van der Waals surface area contributed by atoms with Gasteiger partial charge in [-0.05, 0) is 24.6 Å². The predicted molar refractivity (Wildman–Crippen MR) is 78.7 cm³/mol. The number of methoxy groups -OCH3 is 2. The number of hydrogen-bond acceptors (Lipinski definition) is 6. The zero-order valence-electron chi connectivity index (χ0n) is 12.8. The molecule has 0 unspecified atom stereocenters. The van der Waals surface area contributed by atoms with Crippen LogP contribution >= 0.6 is 0 Å². The fraction of sp³-hybridized carbons (Fsp3) is 0.533. The zero-order valence-corrected chi connectivity index (χ0v) is 12.8. The average molecular weight is 297 g/mol. The Kier molecular flexibility index (Phi) is 8.23. The molecule has 1 rings (SSSR count). The molecule has 6 nitrogen and oxygen atoms in total. The van der Waals surface area contributed by atoms with Crippen LogP contribution in [0.1, 0.15) is 12.5 Å². The third-order valence-corrected chi connectivity index (χ3v) is 2.69. The van der Waals surface area contributed by atoms with Crippen molar-refractivity contribution >= 4 is 5.97 Å². The monoisotopic (exact) mass is 297 g/mol. The van der Waals surface area contributed by atoms with E-state index >= 15 is 0 Å². The smallest absolute Gasteiger partial charge is 0.344 e. The minimum absolute atomic E-state index is 0.134. The van der Waals surface area contributed by atoms with Crippen LogP contribution < -0.4 is 14.8 Å². The van der Waals surface area contributed by atoms with Crippen LogP contribution in [0.15, 0.2) is 18.2 Å². The van der Waals surface area contributed by atoms with E-state index < -0.39 is 5.97 Å². The van der Waals surface area contributed by atoms with Crippen molar-refractivity contribution in [1.29, 1.82) is 0 Å². The normalized spacial score (nSPS) is 10.2. The van der Waals surface area contributed by atoms with Gasteiger partial charge in [0.05, 0.1) is 20.3 Å². The molecule has 0 heterocycles. The van der Waals surface area contributed by atoms with E-state index in [-0.39, 0.29) is 6.61 Å². The Bertz CT molecular complexity index is 436. The van der Waals surface area contributed by atoms with Gasteiger partial charge in [-0.2, -0.15) is 0 Å². The van der Waals surface area contributed by atoms with E-state index in [0.29, 0.717) is 31.3 Å². The molecule has 0 aliphatic rings. The first-order valence-corrected chi connectivity index (χ1v) is 6.86. The topological polar surface area (TPSA) is 66.0 Å². The lowest BCUT2D eigenvalue weighted by Crippen LogP contribution is -2.18. The lowest BCUT2D eigenvalue weighted by Gasteiger charge is -2.12. The van der Waals surface area contributed by atoms with Crippen LogP contribution in [0.5, 0.6) is 11.5 Å². The van der Waals surface area contributed by atoms with Gasteiger partial charge in [-0.15, -0.1) is 0 Å². The highest BCUT2D eigenvalue weighted by atomic mass is 16.6. The Morgan fingerprint density at radius 2 is 2.05 bits per heavy atom. The number of esters is 1. The number of ether oxygens (including phenoxy) is 4. The molecule has 1 aromatic carbocycles. The van der Waals surface area contributed by atoms with E-state index in [1.165, 1.54) is 0 Å². The third-order valence-electron chi connectivity index (χ3n) is 2.69. The maximum Gasteiger partial charge on any atom is 0.344 e. The van der Waals surface area contributed by atoms with Crippen molar-refractivity contribution in [2.75, 3.05) is 40.6 Å². The van der Waals surface area contributed by atoms with Crippen molar-refractivity contribution < 1.29 is 23.7 Å². The van der Waals surface area contributed by atoms with E-state index in [0.717, 1.165) is 12.1 Å². The molecule has 0 aliphatic carbocycles. The van der Waals surface area contributed by atoms with E-state index in [4.69, 9.17) is 18.9 Å². The molecule has 0 aliphatic heterocycles. The molecule has 1 aromatic rings. The molecule has 118 valence electrons. The lowest BCUT2D eigenvalue weighted by molar-refractivity contribution is -0.145.